The third-order valence-electron chi connectivity index (χ3n) is 2.40. The summed E-state index contributed by atoms with van der Waals surface area (Å²) in [6.45, 7) is 0.285. The van der Waals surface area contributed by atoms with Crippen molar-refractivity contribution in [2.45, 2.75) is 12.8 Å². The Morgan fingerprint density at radius 2 is 2.16 bits per heavy atom. The van der Waals surface area contributed by atoms with E-state index in [-0.39, 0.29) is 18.7 Å². The lowest BCUT2D eigenvalue weighted by molar-refractivity contribution is -0.137. The van der Waals surface area contributed by atoms with Crippen LogP contribution in [0.3, 0.4) is 0 Å². The minimum absolute atomic E-state index is 0.0110. The van der Waals surface area contributed by atoms with E-state index in [2.05, 4.69) is 21.2 Å². The smallest absolute Gasteiger partial charge is 0.321 e. The molecule has 0 fully saturated rings. The summed E-state index contributed by atoms with van der Waals surface area (Å²) in [6, 6.07) is 3.74. The number of urea groups is 1. The van der Waals surface area contributed by atoms with Crippen LogP contribution in [-0.2, 0) is 4.79 Å². The summed E-state index contributed by atoms with van der Waals surface area (Å²) in [6.07, 6.45) is 0.336. The van der Waals surface area contributed by atoms with Crippen molar-refractivity contribution in [2.24, 2.45) is 0 Å². The summed E-state index contributed by atoms with van der Waals surface area (Å²) in [4.78, 5) is 23.4. The number of rotatable bonds is 5. The Bertz CT molecular complexity index is 482. The van der Waals surface area contributed by atoms with Gasteiger partial charge >= 0.3 is 12.0 Å². The van der Waals surface area contributed by atoms with E-state index in [1.165, 1.54) is 30.1 Å². The molecule has 0 spiro atoms. The highest BCUT2D eigenvalue weighted by Crippen LogP contribution is 2.20. The second-order valence-electron chi connectivity index (χ2n) is 3.97. The first-order valence-corrected chi connectivity index (χ1v) is 6.38. The summed E-state index contributed by atoms with van der Waals surface area (Å²) in [5, 5.41) is 10.9. The Balaban J connectivity index is 2.54. The first kappa shape index (κ1) is 15.4. The van der Waals surface area contributed by atoms with Crippen LogP contribution in [0.25, 0.3) is 0 Å². The first-order valence-electron chi connectivity index (χ1n) is 5.59. The van der Waals surface area contributed by atoms with Gasteiger partial charge in [-0.05, 0) is 24.6 Å². The number of carbonyl (C=O) groups excluding carboxylic acids is 1. The van der Waals surface area contributed by atoms with Crippen LogP contribution < -0.4 is 5.32 Å². The van der Waals surface area contributed by atoms with Gasteiger partial charge in [-0.3, -0.25) is 4.79 Å². The number of aliphatic carboxylic acids is 1. The van der Waals surface area contributed by atoms with E-state index in [1.807, 2.05) is 0 Å². The lowest BCUT2D eigenvalue weighted by atomic mass is 10.3. The SMILES string of the molecule is CN(CCCC(=O)O)C(=O)Nc1cc(Br)ccc1F. The van der Waals surface area contributed by atoms with E-state index >= 15 is 0 Å². The number of benzene rings is 1. The van der Waals surface area contributed by atoms with Gasteiger partial charge in [0.15, 0.2) is 0 Å². The van der Waals surface area contributed by atoms with Gasteiger partial charge in [0.05, 0.1) is 5.69 Å². The summed E-state index contributed by atoms with van der Waals surface area (Å²) in [7, 11) is 1.52. The fourth-order valence-electron chi connectivity index (χ4n) is 1.37. The van der Waals surface area contributed by atoms with Crippen molar-refractivity contribution in [3.8, 4) is 0 Å². The Morgan fingerprint density at radius 1 is 1.47 bits per heavy atom. The van der Waals surface area contributed by atoms with Crippen LogP contribution in [0, 0.1) is 5.82 Å². The first-order chi connectivity index (χ1) is 8.90. The molecule has 0 aliphatic heterocycles. The number of amides is 2. The van der Waals surface area contributed by atoms with Crippen LogP contribution in [0.5, 0.6) is 0 Å². The van der Waals surface area contributed by atoms with Gasteiger partial charge in [0.1, 0.15) is 5.82 Å². The molecule has 0 saturated carbocycles. The van der Waals surface area contributed by atoms with E-state index in [0.717, 1.165) is 0 Å². The van der Waals surface area contributed by atoms with Gasteiger partial charge in [0, 0.05) is 24.5 Å². The number of nitrogens with one attached hydrogen (secondary N) is 1. The third kappa shape index (κ3) is 5.25. The molecule has 1 rings (SSSR count). The molecule has 0 saturated heterocycles. The van der Waals surface area contributed by atoms with E-state index in [1.54, 1.807) is 0 Å². The van der Waals surface area contributed by atoms with Crippen LogP contribution in [0.2, 0.25) is 0 Å². The molecular weight excluding hydrogens is 319 g/mol. The third-order valence-corrected chi connectivity index (χ3v) is 2.89. The Labute approximate surface area is 118 Å². The average Bonchev–Trinajstić information content (AvgIpc) is 2.33. The van der Waals surface area contributed by atoms with Gasteiger partial charge in [0.25, 0.3) is 0 Å². The standard InChI is InChI=1S/C12H14BrFN2O3/c1-16(6-2-3-11(17)18)12(19)15-10-7-8(13)4-5-9(10)14/h4-5,7H,2-3,6H2,1H3,(H,15,19)(H,17,18). The zero-order chi connectivity index (χ0) is 14.4. The predicted molar refractivity (Wildman–Crippen MR) is 72.6 cm³/mol. The highest BCUT2D eigenvalue weighted by molar-refractivity contribution is 9.10. The van der Waals surface area contributed by atoms with Gasteiger partial charge < -0.3 is 15.3 Å². The van der Waals surface area contributed by atoms with Crippen molar-refractivity contribution >= 4 is 33.6 Å². The molecule has 0 aromatic heterocycles. The average molecular weight is 333 g/mol. The van der Waals surface area contributed by atoms with Crippen LogP contribution in [0.15, 0.2) is 22.7 Å². The number of halogens is 2. The van der Waals surface area contributed by atoms with Gasteiger partial charge in [-0.1, -0.05) is 15.9 Å². The number of anilines is 1. The minimum Gasteiger partial charge on any atom is -0.481 e. The molecule has 0 aliphatic rings. The number of carbonyl (C=O) groups is 2. The molecule has 2 N–H and O–H groups in total. The number of carboxylic acids is 1. The summed E-state index contributed by atoms with van der Waals surface area (Å²) in [5.41, 5.74) is 0.0736. The van der Waals surface area contributed by atoms with Crippen LogP contribution in [0.4, 0.5) is 14.9 Å². The highest BCUT2D eigenvalue weighted by atomic mass is 79.9. The molecule has 1 aromatic rings. The minimum atomic E-state index is -0.910. The normalized spacial score (nSPS) is 10.1. The summed E-state index contributed by atoms with van der Waals surface area (Å²) < 4.78 is 14.1. The quantitative estimate of drug-likeness (QED) is 0.870. The Morgan fingerprint density at radius 3 is 2.79 bits per heavy atom. The monoisotopic (exact) mass is 332 g/mol. The largest absolute Gasteiger partial charge is 0.481 e. The van der Waals surface area contributed by atoms with Gasteiger partial charge in [-0.25, -0.2) is 9.18 Å². The van der Waals surface area contributed by atoms with E-state index in [9.17, 15) is 14.0 Å². The maximum Gasteiger partial charge on any atom is 0.321 e. The Kier molecular flexibility index (Phi) is 5.75. The predicted octanol–water partition coefficient (Wildman–Crippen LogP) is 2.92. The second-order valence-corrected chi connectivity index (χ2v) is 4.89. The van der Waals surface area contributed by atoms with Crippen molar-refractivity contribution in [1.29, 1.82) is 0 Å². The molecule has 0 heterocycles. The van der Waals surface area contributed by atoms with Crippen molar-refractivity contribution in [2.75, 3.05) is 18.9 Å². The number of hydrogen-bond donors (Lipinski definition) is 2. The second kappa shape index (κ2) is 7.08. The molecule has 0 unspecified atom stereocenters. The van der Waals surface area contributed by atoms with Crippen molar-refractivity contribution in [1.82, 2.24) is 4.90 Å². The lowest BCUT2D eigenvalue weighted by Gasteiger charge is -2.17. The van der Waals surface area contributed by atoms with Crippen LogP contribution >= 0.6 is 15.9 Å². The van der Waals surface area contributed by atoms with E-state index in [0.29, 0.717) is 10.9 Å². The Hall–Kier alpha value is -1.63. The maximum absolute atomic E-state index is 13.4. The molecule has 7 heteroatoms. The van der Waals surface area contributed by atoms with Gasteiger partial charge in [0.2, 0.25) is 0 Å². The summed E-state index contributed by atoms with van der Waals surface area (Å²) >= 11 is 3.18. The van der Waals surface area contributed by atoms with E-state index in [4.69, 9.17) is 5.11 Å². The van der Waals surface area contributed by atoms with Crippen molar-refractivity contribution in [3.05, 3.63) is 28.5 Å². The fourth-order valence-corrected chi connectivity index (χ4v) is 1.73. The van der Waals surface area contributed by atoms with Gasteiger partial charge in [-0.15, -0.1) is 0 Å². The zero-order valence-corrected chi connectivity index (χ0v) is 11.9. The molecular formula is C12H14BrFN2O3. The zero-order valence-electron chi connectivity index (χ0n) is 10.3. The van der Waals surface area contributed by atoms with E-state index < -0.39 is 17.8 Å². The molecule has 1 aromatic carbocycles. The number of nitrogens with zero attached hydrogens (tertiary/aromatic N) is 1. The van der Waals surface area contributed by atoms with Crippen molar-refractivity contribution < 1.29 is 19.1 Å². The van der Waals surface area contributed by atoms with Crippen LogP contribution in [-0.4, -0.2) is 35.6 Å². The molecule has 2 amide bonds. The molecule has 19 heavy (non-hydrogen) atoms. The fraction of sp³-hybridized carbons (Fsp3) is 0.333. The lowest BCUT2D eigenvalue weighted by Crippen LogP contribution is -2.32. The van der Waals surface area contributed by atoms with Gasteiger partial charge in [-0.2, -0.15) is 0 Å². The molecule has 104 valence electrons. The number of carboxylic acid groups (broad SMARTS) is 1. The molecule has 0 bridgehead atoms. The highest BCUT2D eigenvalue weighted by Gasteiger charge is 2.12. The molecule has 0 radical (unpaired) electrons. The molecule has 0 aliphatic carbocycles. The van der Waals surface area contributed by atoms with Crippen molar-refractivity contribution in [3.63, 3.8) is 0 Å². The number of hydrogen-bond acceptors (Lipinski definition) is 2. The summed E-state index contributed by atoms with van der Waals surface area (Å²) in [5.74, 6) is -1.44. The topological polar surface area (TPSA) is 69.6 Å². The van der Waals surface area contributed by atoms with Crippen LogP contribution in [0.1, 0.15) is 12.8 Å². The maximum atomic E-state index is 13.4. The molecule has 0 atom stereocenters. The molecule has 5 nitrogen and oxygen atoms in total.